The molecule has 0 fully saturated rings. The molecule has 0 aromatic heterocycles. The van der Waals surface area contributed by atoms with Crippen LogP contribution in [0, 0.1) is 10.1 Å². The number of alkyl halides is 3. The van der Waals surface area contributed by atoms with Crippen molar-refractivity contribution in [1.82, 2.24) is 0 Å². The van der Waals surface area contributed by atoms with E-state index in [-0.39, 0.29) is 28.5 Å². The van der Waals surface area contributed by atoms with Gasteiger partial charge < -0.3 is 9.47 Å². The second-order valence-corrected chi connectivity index (χ2v) is 6.03. The van der Waals surface area contributed by atoms with Crippen LogP contribution >= 0.6 is 11.6 Å². The Labute approximate surface area is 167 Å². The zero-order chi connectivity index (χ0) is 21.8. The van der Waals surface area contributed by atoms with Crippen LogP contribution in [0.25, 0.3) is 0 Å². The summed E-state index contributed by atoms with van der Waals surface area (Å²) in [7, 11) is 0. The van der Waals surface area contributed by atoms with Gasteiger partial charge in [0.15, 0.2) is 6.61 Å². The summed E-state index contributed by atoms with van der Waals surface area (Å²) in [4.78, 5) is 33.8. The lowest BCUT2D eigenvalue weighted by molar-refractivity contribution is -0.385. The molecule has 29 heavy (non-hydrogen) atoms. The number of esters is 1. The number of benzene rings is 2. The van der Waals surface area contributed by atoms with Gasteiger partial charge in [0.05, 0.1) is 15.5 Å². The summed E-state index contributed by atoms with van der Waals surface area (Å²) in [5.74, 6) is -1.74. The Hall–Kier alpha value is -3.14. The Morgan fingerprint density at radius 2 is 1.86 bits per heavy atom. The third kappa shape index (κ3) is 5.67. The Morgan fingerprint density at radius 3 is 2.41 bits per heavy atom. The number of ketones is 1. The summed E-state index contributed by atoms with van der Waals surface area (Å²) in [5, 5.41) is 10.8. The number of nitrogens with zero attached hydrogens (tertiary/aromatic N) is 1. The fraction of sp³-hybridized carbons (Fsp3) is 0.222. The van der Waals surface area contributed by atoms with Crippen molar-refractivity contribution in [2.24, 2.45) is 0 Å². The van der Waals surface area contributed by atoms with E-state index in [1.165, 1.54) is 6.92 Å². The van der Waals surface area contributed by atoms with Crippen molar-refractivity contribution in [2.75, 3.05) is 6.61 Å². The normalized spacial score (nSPS) is 11.1. The maximum absolute atomic E-state index is 12.7. The van der Waals surface area contributed by atoms with Crippen molar-refractivity contribution < 1.29 is 37.2 Å². The summed E-state index contributed by atoms with van der Waals surface area (Å²) in [5.41, 5.74) is -1.92. The molecule has 0 N–H and O–H groups in total. The molecular formula is C18H13ClF3NO6. The van der Waals surface area contributed by atoms with E-state index in [1.54, 1.807) is 0 Å². The van der Waals surface area contributed by atoms with Gasteiger partial charge in [0.2, 0.25) is 5.78 Å². The van der Waals surface area contributed by atoms with E-state index in [4.69, 9.17) is 16.3 Å². The first kappa shape index (κ1) is 22.2. The highest BCUT2D eigenvalue weighted by Crippen LogP contribution is 2.37. The molecule has 0 saturated carbocycles. The van der Waals surface area contributed by atoms with Crippen molar-refractivity contribution >= 4 is 29.0 Å². The number of hydrogen-bond acceptors (Lipinski definition) is 6. The molecular weight excluding hydrogens is 419 g/mol. The molecule has 0 amide bonds. The number of carbonyl (C=O) groups is 2. The number of nitro groups is 1. The van der Waals surface area contributed by atoms with E-state index in [1.807, 2.05) is 0 Å². The molecule has 0 atom stereocenters. The molecule has 2 aromatic rings. The van der Waals surface area contributed by atoms with E-state index < -0.39 is 40.7 Å². The van der Waals surface area contributed by atoms with E-state index >= 15 is 0 Å². The first-order valence-corrected chi connectivity index (χ1v) is 8.42. The van der Waals surface area contributed by atoms with Gasteiger partial charge in [-0.05, 0) is 30.3 Å². The summed E-state index contributed by atoms with van der Waals surface area (Å²) in [6, 6.07) is 5.57. The molecule has 11 heteroatoms. The molecule has 7 nitrogen and oxygen atoms in total. The summed E-state index contributed by atoms with van der Waals surface area (Å²) in [6.07, 6.45) is -4.57. The first-order chi connectivity index (χ1) is 13.5. The third-order valence-corrected chi connectivity index (χ3v) is 3.90. The van der Waals surface area contributed by atoms with Crippen molar-refractivity contribution in [1.29, 1.82) is 0 Å². The number of rotatable bonds is 7. The van der Waals surface area contributed by atoms with Gasteiger partial charge in [0.1, 0.15) is 17.1 Å². The molecule has 2 aromatic carbocycles. The van der Waals surface area contributed by atoms with E-state index in [9.17, 15) is 32.9 Å². The van der Waals surface area contributed by atoms with E-state index in [0.29, 0.717) is 6.07 Å². The molecule has 0 aliphatic carbocycles. The smallest absolute Gasteiger partial charge is 0.416 e. The predicted octanol–water partition coefficient (Wildman–Crippen LogP) is 5.20. The number of carbonyl (C=O) groups excluding carboxylic acids is 2. The van der Waals surface area contributed by atoms with Gasteiger partial charge in [-0.3, -0.25) is 19.7 Å². The topological polar surface area (TPSA) is 95.7 Å². The summed E-state index contributed by atoms with van der Waals surface area (Å²) >= 11 is 5.81. The van der Waals surface area contributed by atoms with Crippen molar-refractivity contribution in [3.05, 3.63) is 62.7 Å². The van der Waals surface area contributed by atoms with Crippen LogP contribution in [0.2, 0.25) is 5.02 Å². The van der Waals surface area contributed by atoms with Gasteiger partial charge >= 0.3 is 12.1 Å². The number of nitro benzene ring substituents is 1. The summed E-state index contributed by atoms with van der Waals surface area (Å²) in [6.45, 7) is 0.801. The fourth-order valence-corrected chi connectivity index (χ4v) is 2.39. The Bertz CT molecular complexity index is 961. The van der Waals surface area contributed by atoms with Crippen LogP contribution in [0.3, 0.4) is 0 Å². The van der Waals surface area contributed by atoms with Gasteiger partial charge in [-0.15, -0.1) is 0 Å². The monoisotopic (exact) mass is 431 g/mol. The van der Waals surface area contributed by atoms with Gasteiger partial charge in [0, 0.05) is 12.5 Å². The average molecular weight is 432 g/mol. The van der Waals surface area contributed by atoms with Crippen LogP contribution in [-0.2, 0) is 15.7 Å². The summed E-state index contributed by atoms with van der Waals surface area (Å²) < 4.78 is 48.2. The highest BCUT2D eigenvalue weighted by Gasteiger charge is 2.31. The molecule has 0 aliphatic heterocycles. The second kappa shape index (κ2) is 8.91. The quantitative estimate of drug-likeness (QED) is 0.259. The van der Waals surface area contributed by atoms with Crippen molar-refractivity contribution in [3.8, 4) is 11.5 Å². The van der Waals surface area contributed by atoms with Gasteiger partial charge in [-0.2, -0.15) is 13.2 Å². The first-order valence-electron chi connectivity index (χ1n) is 8.04. The van der Waals surface area contributed by atoms with Crippen molar-refractivity contribution in [3.63, 3.8) is 0 Å². The second-order valence-electron chi connectivity index (χ2n) is 5.62. The molecule has 0 aliphatic rings. The van der Waals surface area contributed by atoms with Crippen LogP contribution in [0.5, 0.6) is 11.5 Å². The largest absolute Gasteiger partial charge is 0.457 e. The maximum atomic E-state index is 12.7. The van der Waals surface area contributed by atoms with Gasteiger partial charge in [-0.1, -0.05) is 18.5 Å². The minimum Gasteiger partial charge on any atom is -0.457 e. The Balaban J connectivity index is 2.32. The van der Waals surface area contributed by atoms with Crippen LogP contribution in [0.4, 0.5) is 18.9 Å². The fourth-order valence-electron chi connectivity index (χ4n) is 2.17. The lowest BCUT2D eigenvalue weighted by atomic mass is 10.1. The Morgan fingerprint density at radius 1 is 1.17 bits per heavy atom. The zero-order valence-electron chi connectivity index (χ0n) is 14.8. The number of halogens is 4. The zero-order valence-corrected chi connectivity index (χ0v) is 15.5. The average Bonchev–Trinajstić information content (AvgIpc) is 2.66. The van der Waals surface area contributed by atoms with Crippen LogP contribution < -0.4 is 4.74 Å². The standard InChI is InChI=1S/C18H13ClF3NO6/c1-2-17(25)28-9-15(24)12-8-11(4-5-14(12)23(26)27)29-16-6-3-10(7-13(16)19)18(20,21)22/h3-8H,2,9H2,1H3. The van der Waals surface area contributed by atoms with Crippen LogP contribution in [0.15, 0.2) is 36.4 Å². The molecule has 0 spiro atoms. The molecule has 0 saturated heterocycles. The lowest BCUT2D eigenvalue weighted by Gasteiger charge is -2.12. The van der Waals surface area contributed by atoms with Gasteiger partial charge in [-0.25, -0.2) is 0 Å². The molecule has 0 heterocycles. The minimum absolute atomic E-state index is 0.0188. The van der Waals surface area contributed by atoms with E-state index in [0.717, 1.165) is 30.3 Å². The van der Waals surface area contributed by atoms with Crippen LogP contribution in [-0.4, -0.2) is 23.3 Å². The Kier molecular flexibility index (Phi) is 6.80. The minimum atomic E-state index is -4.59. The SMILES string of the molecule is CCC(=O)OCC(=O)c1cc(Oc2ccc(C(F)(F)F)cc2Cl)ccc1[N+](=O)[O-]. The number of ether oxygens (including phenoxy) is 2. The number of hydrogen-bond donors (Lipinski definition) is 0. The molecule has 0 unspecified atom stereocenters. The van der Waals surface area contributed by atoms with Crippen molar-refractivity contribution in [2.45, 2.75) is 19.5 Å². The molecule has 0 bridgehead atoms. The maximum Gasteiger partial charge on any atom is 0.416 e. The molecule has 2 rings (SSSR count). The third-order valence-electron chi connectivity index (χ3n) is 3.61. The van der Waals surface area contributed by atoms with E-state index in [2.05, 4.69) is 4.74 Å². The predicted molar refractivity (Wildman–Crippen MR) is 95.2 cm³/mol. The highest BCUT2D eigenvalue weighted by atomic mass is 35.5. The molecule has 0 radical (unpaired) electrons. The van der Waals surface area contributed by atoms with Gasteiger partial charge in [0.25, 0.3) is 5.69 Å². The molecule has 154 valence electrons. The highest BCUT2D eigenvalue weighted by molar-refractivity contribution is 6.32. The van der Waals surface area contributed by atoms with Crippen LogP contribution in [0.1, 0.15) is 29.3 Å². The lowest BCUT2D eigenvalue weighted by Crippen LogP contribution is -2.14. The number of Topliss-reactive ketones (excluding diaryl/α,β-unsaturated/α-hetero) is 1.